The first-order valence-electron chi connectivity index (χ1n) is 7.70. The summed E-state index contributed by atoms with van der Waals surface area (Å²) in [5.41, 5.74) is 1.13. The van der Waals surface area contributed by atoms with Crippen molar-refractivity contribution < 1.29 is 14.3 Å². The average Bonchev–Trinajstić information content (AvgIpc) is 3.00. The maximum absolute atomic E-state index is 12.0. The number of carbonyl (C=O) groups excluding carboxylic acids is 2. The summed E-state index contributed by atoms with van der Waals surface area (Å²) < 4.78 is 5.26. The van der Waals surface area contributed by atoms with Crippen LogP contribution in [-0.4, -0.2) is 43.6 Å². The van der Waals surface area contributed by atoms with Crippen LogP contribution in [0.15, 0.2) is 36.9 Å². The molecule has 1 aliphatic rings. The van der Waals surface area contributed by atoms with Crippen LogP contribution >= 0.6 is 0 Å². The molecule has 124 valence electrons. The fraction of sp³-hybridized carbons (Fsp3) is 0.412. The Kier molecular flexibility index (Phi) is 6.17. The number of amides is 3. The van der Waals surface area contributed by atoms with E-state index in [1.807, 2.05) is 24.3 Å². The van der Waals surface area contributed by atoms with E-state index in [9.17, 15) is 9.59 Å². The Bertz CT molecular complexity index is 574. The first-order valence-corrected chi connectivity index (χ1v) is 7.70. The highest BCUT2D eigenvalue weighted by molar-refractivity contribution is 5.95. The topological polar surface area (TPSA) is 70.7 Å². The molecule has 1 atom stereocenters. The van der Waals surface area contributed by atoms with Gasteiger partial charge in [-0.1, -0.05) is 18.2 Å². The van der Waals surface area contributed by atoms with Crippen molar-refractivity contribution in [2.75, 3.05) is 26.7 Å². The van der Waals surface area contributed by atoms with Crippen LogP contribution in [0, 0.1) is 0 Å². The van der Waals surface area contributed by atoms with E-state index in [4.69, 9.17) is 4.74 Å². The van der Waals surface area contributed by atoms with Gasteiger partial charge in [0.2, 0.25) is 5.91 Å². The number of hydrogen-bond acceptors (Lipinski definition) is 4. The lowest BCUT2D eigenvalue weighted by molar-refractivity contribution is -0.121. The Hall–Kier alpha value is -2.34. The molecule has 0 radical (unpaired) electrons. The fourth-order valence-electron chi connectivity index (χ4n) is 2.80. The molecule has 0 unspecified atom stereocenters. The van der Waals surface area contributed by atoms with Crippen LogP contribution in [0.1, 0.15) is 24.4 Å². The first kappa shape index (κ1) is 17.0. The molecule has 1 aromatic carbocycles. The summed E-state index contributed by atoms with van der Waals surface area (Å²) >= 11 is 0. The van der Waals surface area contributed by atoms with Crippen molar-refractivity contribution in [1.82, 2.24) is 15.5 Å². The van der Waals surface area contributed by atoms with Crippen LogP contribution in [0.25, 0.3) is 0 Å². The van der Waals surface area contributed by atoms with Crippen molar-refractivity contribution in [1.29, 1.82) is 0 Å². The molecule has 1 aliphatic heterocycles. The second-order valence-electron chi connectivity index (χ2n) is 5.45. The molecule has 1 fully saturated rings. The standard InChI is InChI=1S/C17H23N3O3/c1-3-9-18-17(22)19-16(21)12-20-10-5-8-15(20)13-6-4-7-14(11-13)23-2/h3-4,6-7,11,15H,1,5,8-10,12H2,2H3,(H2,18,19,21,22)/t15-/m0/s1. The van der Waals surface area contributed by atoms with Gasteiger partial charge < -0.3 is 10.1 Å². The van der Waals surface area contributed by atoms with Crippen LogP contribution in [0.4, 0.5) is 4.79 Å². The highest BCUT2D eigenvalue weighted by Crippen LogP contribution is 2.32. The number of rotatable bonds is 6. The quantitative estimate of drug-likeness (QED) is 0.786. The summed E-state index contributed by atoms with van der Waals surface area (Å²) in [6.45, 7) is 4.87. The van der Waals surface area contributed by atoms with E-state index < -0.39 is 6.03 Å². The van der Waals surface area contributed by atoms with E-state index in [-0.39, 0.29) is 18.5 Å². The van der Waals surface area contributed by atoms with Crippen LogP contribution < -0.4 is 15.4 Å². The van der Waals surface area contributed by atoms with Crippen molar-refractivity contribution in [3.63, 3.8) is 0 Å². The highest BCUT2D eigenvalue weighted by Gasteiger charge is 2.28. The summed E-state index contributed by atoms with van der Waals surface area (Å²) in [4.78, 5) is 25.6. The van der Waals surface area contributed by atoms with Gasteiger partial charge in [0.25, 0.3) is 0 Å². The van der Waals surface area contributed by atoms with Crippen molar-refractivity contribution in [3.8, 4) is 5.75 Å². The molecule has 2 N–H and O–H groups in total. The number of nitrogens with zero attached hydrogens (tertiary/aromatic N) is 1. The van der Waals surface area contributed by atoms with Gasteiger partial charge in [0, 0.05) is 12.6 Å². The maximum Gasteiger partial charge on any atom is 0.321 e. The minimum absolute atomic E-state index is 0.173. The van der Waals surface area contributed by atoms with Gasteiger partial charge in [-0.05, 0) is 37.1 Å². The molecule has 6 nitrogen and oxygen atoms in total. The fourth-order valence-corrected chi connectivity index (χ4v) is 2.80. The molecule has 0 saturated carbocycles. The van der Waals surface area contributed by atoms with Gasteiger partial charge in [-0.25, -0.2) is 4.79 Å². The molecule has 0 spiro atoms. The monoisotopic (exact) mass is 317 g/mol. The lowest BCUT2D eigenvalue weighted by atomic mass is 10.0. The number of likely N-dealkylation sites (tertiary alicyclic amines) is 1. The third kappa shape index (κ3) is 4.82. The third-order valence-corrected chi connectivity index (χ3v) is 3.85. The van der Waals surface area contributed by atoms with E-state index >= 15 is 0 Å². The van der Waals surface area contributed by atoms with E-state index in [2.05, 4.69) is 22.1 Å². The Balaban J connectivity index is 1.94. The molecule has 0 aliphatic carbocycles. The molecule has 0 bridgehead atoms. The maximum atomic E-state index is 12.0. The smallest absolute Gasteiger partial charge is 0.321 e. The zero-order chi connectivity index (χ0) is 16.7. The summed E-state index contributed by atoms with van der Waals surface area (Å²) in [6, 6.07) is 7.57. The minimum atomic E-state index is -0.493. The van der Waals surface area contributed by atoms with Gasteiger partial charge in [0.05, 0.1) is 13.7 Å². The van der Waals surface area contributed by atoms with E-state index in [0.29, 0.717) is 6.54 Å². The lowest BCUT2D eigenvalue weighted by Crippen LogP contribution is -2.44. The van der Waals surface area contributed by atoms with Crippen molar-refractivity contribution >= 4 is 11.9 Å². The Labute approximate surface area is 136 Å². The third-order valence-electron chi connectivity index (χ3n) is 3.85. The highest BCUT2D eigenvalue weighted by atomic mass is 16.5. The molecule has 1 aromatic rings. The number of imide groups is 1. The summed E-state index contributed by atoms with van der Waals surface area (Å²) in [6.07, 6.45) is 3.57. The minimum Gasteiger partial charge on any atom is -0.497 e. The van der Waals surface area contributed by atoms with Crippen LogP contribution in [0.5, 0.6) is 5.75 Å². The molecule has 3 amide bonds. The molecular weight excluding hydrogens is 294 g/mol. The van der Waals surface area contributed by atoms with Crippen molar-refractivity contribution in [3.05, 3.63) is 42.5 Å². The average molecular weight is 317 g/mol. The first-order chi connectivity index (χ1) is 11.1. The second kappa shape index (κ2) is 8.33. The van der Waals surface area contributed by atoms with Gasteiger partial charge in [0.1, 0.15) is 5.75 Å². The Morgan fingerprint density at radius 2 is 2.30 bits per heavy atom. The molecule has 2 rings (SSSR count). The normalized spacial score (nSPS) is 17.5. The Morgan fingerprint density at radius 3 is 3.04 bits per heavy atom. The molecule has 1 saturated heterocycles. The van der Waals surface area contributed by atoms with Crippen LogP contribution in [0.3, 0.4) is 0 Å². The largest absolute Gasteiger partial charge is 0.497 e. The zero-order valence-electron chi connectivity index (χ0n) is 13.4. The van der Waals surface area contributed by atoms with Gasteiger partial charge in [-0.3, -0.25) is 15.0 Å². The molecule has 0 aromatic heterocycles. The van der Waals surface area contributed by atoms with Crippen LogP contribution in [-0.2, 0) is 4.79 Å². The Morgan fingerprint density at radius 1 is 1.48 bits per heavy atom. The summed E-state index contributed by atoms with van der Waals surface area (Å²) in [7, 11) is 1.64. The van der Waals surface area contributed by atoms with Gasteiger partial charge in [-0.2, -0.15) is 0 Å². The predicted molar refractivity (Wildman–Crippen MR) is 88.3 cm³/mol. The van der Waals surface area contributed by atoms with Crippen LogP contribution in [0.2, 0.25) is 0 Å². The number of benzene rings is 1. The predicted octanol–water partition coefficient (Wildman–Crippen LogP) is 1.84. The number of urea groups is 1. The summed E-state index contributed by atoms with van der Waals surface area (Å²) in [5, 5.41) is 4.86. The van der Waals surface area contributed by atoms with E-state index in [1.165, 1.54) is 0 Å². The lowest BCUT2D eigenvalue weighted by Gasteiger charge is -2.24. The zero-order valence-corrected chi connectivity index (χ0v) is 13.4. The number of nitrogens with one attached hydrogen (secondary N) is 2. The number of carbonyl (C=O) groups is 2. The van der Waals surface area contributed by atoms with Gasteiger partial charge in [-0.15, -0.1) is 6.58 Å². The SMILES string of the molecule is C=CCNC(=O)NC(=O)CN1CCC[C@H]1c1cccc(OC)c1. The number of methoxy groups -OCH3 is 1. The van der Waals surface area contributed by atoms with Gasteiger partial charge >= 0.3 is 6.03 Å². The molecule has 1 heterocycles. The van der Waals surface area contributed by atoms with E-state index in [1.54, 1.807) is 13.2 Å². The van der Waals surface area contributed by atoms with E-state index in [0.717, 1.165) is 30.7 Å². The second-order valence-corrected chi connectivity index (χ2v) is 5.45. The molecule has 6 heteroatoms. The van der Waals surface area contributed by atoms with Gasteiger partial charge in [0.15, 0.2) is 0 Å². The van der Waals surface area contributed by atoms with Crippen molar-refractivity contribution in [2.45, 2.75) is 18.9 Å². The number of hydrogen-bond donors (Lipinski definition) is 2. The number of ether oxygens (including phenoxy) is 1. The summed E-state index contributed by atoms with van der Waals surface area (Å²) in [5.74, 6) is 0.504. The van der Waals surface area contributed by atoms with Crippen molar-refractivity contribution in [2.24, 2.45) is 0 Å². The molecular formula is C17H23N3O3. The molecule has 23 heavy (non-hydrogen) atoms.